The molecule has 0 saturated heterocycles. The van der Waals surface area contributed by atoms with Gasteiger partial charge >= 0.3 is 0 Å². The van der Waals surface area contributed by atoms with Crippen LogP contribution in [0.1, 0.15) is 25.0 Å². The Balaban J connectivity index is 2.66. The van der Waals surface area contributed by atoms with Crippen molar-refractivity contribution >= 4 is 0 Å². The predicted molar refractivity (Wildman–Crippen MR) is 50.8 cm³/mol. The lowest BCUT2D eigenvalue weighted by molar-refractivity contribution is 0.0643. The van der Waals surface area contributed by atoms with Crippen LogP contribution in [-0.2, 0) is 4.74 Å². The molecule has 0 N–H and O–H groups in total. The van der Waals surface area contributed by atoms with E-state index in [0.29, 0.717) is 0 Å². The van der Waals surface area contributed by atoms with Gasteiger partial charge in [-0.05, 0) is 18.9 Å². The first-order valence-corrected chi connectivity index (χ1v) is 4.34. The van der Waals surface area contributed by atoms with Gasteiger partial charge in [-0.2, -0.15) is 0 Å². The van der Waals surface area contributed by atoms with Gasteiger partial charge in [-0.15, -0.1) is 0 Å². The molecule has 1 atom stereocenters. The summed E-state index contributed by atoms with van der Waals surface area (Å²) in [7, 11) is 0. The van der Waals surface area contributed by atoms with E-state index in [9.17, 15) is 0 Å². The summed E-state index contributed by atoms with van der Waals surface area (Å²) in [5.74, 6) is 0. The van der Waals surface area contributed by atoms with Crippen molar-refractivity contribution in [3.63, 3.8) is 0 Å². The molecule has 0 spiro atoms. The third-order valence-corrected chi connectivity index (χ3v) is 1.80. The number of ether oxygens (including phenoxy) is 1. The molecular formula is C11H15O. The van der Waals surface area contributed by atoms with Crippen LogP contribution >= 0.6 is 0 Å². The first-order chi connectivity index (χ1) is 5.88. The summed E-state index contributed by atoms with van der Waals surface area (Å²) in [4.78, 5) is 0. The molecule has 1 aromatic rings. The maximum Gasteiger partial charge on any atom is 0.0824 e. The molecule has 0 aliphatic carbocycles. The summed E-state index contributed by atoms with van der Waals surface area (Å²) in [6.45, 7) is 6.61. The molecule has 0 aliphatic rings. The lowest BCUT2D eigenvalue weighted by Gasteiger charge is -2.14. The molecule has 65 valence electrons. The molecular weight excluding hydrogens is 148 g/mol. The molecule has 0 fully saturated rings. The van der Waals surface area contributed by atoms with Gasteiger partial charge < -0.3 is 4.74 Å². The molecule has 0 heterocycles. The minimum atomic E-state index is 0.163. The van der Waals surface area contributed by atoms with Gasteiger partial charge in [0, 0.05) is 6.61 Å². The Hall–Kier alpha value is -0.820. The number of hydrogen-bond donors (Lipinski definition) is 0. The predicted octanol–water partition coefficient (Wildman–Crippen LogP) is 2.99. The molecule has 1 rings (SSSR count). The maximum atomic E-state index is 5.51. The molecule has 0 aliphatic heterocycles. The summed E-state index contributed by atoms with van der Waals surface area (Å²) >= 11 is 0. The summed E-state index contributed by atoms with van der Waals surface area (Å²) < 4.78 is 5.51. The van der Waals surface area contributed by atoms with Gasteiger partial charge in [0.25, 0.3) is 0 Å². The molecule has 0 amide bonds. The Labute approximate surface area is 74.4 Å². The third kappa shape index (κ3) is 2.35. The van der Waals surface area contributed by atoms with Crippen LogP contribution in [0.4, 0.5) is 0 Å². The first-order valence-electron chi connectivity index (χ1n) is 4.34. The Morgan fingerprint density at radius 1 is 1.33 bits per heavy atom. The van der Waals surface area contributed by atoms with Crippen LogP contribution in [0.25, 0.3) is 0 Å². The van der Waals surface area contributed by atoms with Crippen LogP contribution in [0.3, 0.4) is 0 Å². The van der Waals surface area contributed by atoms with Gasteiger partial charge in [0.2, 0.25) is 0 Å². The Kier molecular flexibility index (Phi) is 3.81. The maximum absolute atomic E-state index is 5.51. The lowest BCUT2D eigenvalue weighted by Crippen LogP contribution is -2.02. The number of hydrogen-bond acceptors (Lipinski definition) is 1. The Bertz CT molecular complexity index is 206. The number of benzene rings is 1. The van der Waals surface area contributed by atoms with Crippen molar-refractivity contribution in [3.8, 4) is 0 Å². The average molecular weight is 163 g/mol. The van der Waals surface area contributed by atoms with E-state index >= 15 is 0 Å². The SMILES string of the molecule is [CH2]CC(OCC)c1ccccc1. The Morgan fingerprint density at radius 3 is 2.50 bits per heavy atom. The van der Waals surface area contributed by atoms with Crippen LogP contribution in [0.2, 0.25) is 0 Å². The van der Waals surface area contributed by atoms with Crippen LogP contribution in [-0.4, -0.2) is 6.61 Å². The average Bonchev–Trinajstić information content (AvgIpc) is 2.15. The third-order valence-electron chi connectivity index (χ3n) is 1.80. The van der Waals surface area contributed by atoms with Crippen LogP contribution in [0, 0.1) is 6.92 Å². The highest BCUT2D eigenvalue weighted by atomic mass is 16.5. The molecule has 1 unspecified atom stereocenters. The molecule has 0 saturated carbocycles. The molecule has 1 radical (unpaired) electrons. The first kappa shape index (κ1) is 9.27. The van der Waals surface area contributed by atoms with Crippen molar-refractivity contribution in [1.82, 2.24) is 0 Å². The normalized spacial score (nSPS) is 12.8. The van der Waals surface area contributed by atoms with E-state index in [1.165, 1.54) is 5.56 Å². The van der Waals surface area contributed by atoms with E-state index < -0.39 is 0 Å². The second-order valence-electron chi connectivity index (χ2n) is 2.64. The van der Waals surface area contributed by atoms with E-state index in [2.05, 4.69) is 19.1 Å². The van der Waals surface area contributed by atoms with Crippen molar-refractivity contribution in [2.75, 3.05) is 6.61 Å². The van der Waals surface area contributed by atoms with Crippen LogP contribution in [0.5, 0.6) is 0 Å². The highest BCUT2D eigenvalue weighted by Gasteiger charge is 2.06. The molecule has 0 aromatic heterocycles. The van der Waals surface area contributed by atoms with Crippen molar-refractivity contribution in [2.45, 2.75) is 19.4 Å². The molecule has 1 heteroatoms. The zero-order chi connectivity index (χ0) is 8.81. The van der Waals surface area contributed by atoms with E-state index in [0.717, 1.165) is 13.0 Å². The van der Waals surface area contributed by atoms with E-state index in [-0.39, 0.29) is 6.10 Å². The van der Waals surface area contributed by atoms with Crippen molar-refractivity contribution in [2.24, 2.45) is 0 Å². The summed E-state index contributed by atoms with van der Waals surface area (Å²) in [5, 5.41) is 0. The van der Waals surface area contributed by atoms with Crippen LogP contribution in [0.15, 0.2) is 30.3 Å². The molecule has 1 aromatic carbocycles. The highest BCUT2D eigenvalue weighted by molar-refractivity contribution is 5.17. The molecule has 1 nitrogen and oxygen atoms in total. The van der Waals surface area contributed by atoms with Gasteiger partial charge in [-0.25, -0.2) is 0 Å². The van der Waals surface area contributed by atoms with Gasteiger partial charge in [-0.3, -0.25) is 0 Å². The second-order valence-corrected chi connectivity index (χ2v) is 2.64. The second kappa shape index (κ2) is 4.94. The fourth-order valence-corrected chi connectivity index (χ4v) is 1.22. The molecule has 12 heavy (non-hydrogen) atoms. The standard InChI is InChI=1S/C11H15O/c1-3-11(12-4-2)10-8-6-5-7-9-10/h5-9,11H,1,3-4H2,2H3. The largest absolute Gasteiger partial charge is 0.374 e. The Morgan fingerprint density at radius 2 is 2.00 bits per heavy atom. The zero-order valence-electron chi connectivity index (χ0n) is 7.49. The van der Waals surface area contributed by atoms with Crippen LogP contribution < -0.4 is 0 Å². The lowest BCUT2D eigenvalue weighted by atomic mass is 10.1. The minimum Gasteiger partial charge on any atom is -0.374 e. The monoisotopic (exact) mass is 163 g/mol. The van der Waals surface area contributed by atoms with E-state index in [4.69, 9.17) is 4.74 Å². The summed E-state index contributed by atoms with van der Waals surface area (Å²) in [6.07, 6.45) is 0.953. The van der Waals surface area contributed by atoms with Gasteiger partial charge in [0.1, 0.15) is 0 Å². The topological polar surface area (TPSA) is 9.23 Å². The van der Waals surface area contributed by atoms with Gasteiger partial charge in [-0.1, -0.05) is 37.3 Å². The van der Waals surface area contributed by atoms with Crippen molar-refractivity contribution in [1.29, 1.82) is 0 Å². The smallest absolute Gasteiger partial charge is 0.0824 e. The fourth-order valence-electron chi connectivity index (χ4n) is 1.22. The molecule has 0 bridgehead atoms. The summed E-state index contributed by atoms with van der Waals surface area (Å²) in [6, 6.07) is 10.2. The van der Waals surface area contributed by atoms with E-state index in [1.807, 2.05) is 25.1 Å². The highest BCUT2D eigenvalue weighted by Crippen LogP contribution is 2.19. The quantitative estimate of drug-likeness (QED) is 0.663. The summed E-state index contributed by atoms with van der Waals surface area (Å²) in [5.41, 5.74) is 1.22. The zero-order valence-corrected chi connectivity index (χ0v) is 7.49. The number of rotatable bonds is 4. The van der Waals surface area contributed by atoms with Crippen molar-refractivity contribution in [3.05, 3.63) is 42.8 Å². The van der Waals surface area contributed by atoms with Gasteiger partial charge in [0.15, 0.2) is 0 Å². The van der Waals surface area contributed by atoms with Gasteiger partial charge in [0.05, 0.1) is 6.10 Å². The minimum absolute atomic E-state index is 0.163. The van der Waals surface area contributed by atoms with E-state index in [1.54, 1.807) is 0 Å². The fraction of sp³-hybridized carbons (Fsp3) is 0.364. The van der Waals surface area contributed by atoms with Crippen molar-refractivity contribution < 1.29 is 4.74 Å².